The first-order valence-corrected chi connectivity index (χ1v) is 8.53. The zero-order valence-electron chi connectivity index (χ0n) is 13.9. The molecule has 4 rings (SSSR count). The molecule has 1 amide bonds. The smallest absolute Gasteiger partial charge is 0.261 e. The predicted octanol–water partition coefficient (Wildman–Crippen LogP) is 2.02. The van der Waals surface area contributed by atoms with Gasteiger partial charge in [0.25, 0.3) is 11.5 Å². The molecular formula is C19H20N2O4. The molecule has 25 heavy (non-hydrogen) atoms. The van der Waals surface area contributed by atoms with Gasteiger partial charge in [-0.3, -0.25) is 9.59 Å². The van der Waals surface area contributed by atoms with E-state index in [0.29, 0.717) is 44.8 Å². The molecule has 6 nitrogen and oxygen atoms in total. The van der Waals surface area contributed by atoms with Crippen molar-refractivity contribution >= 4 is 5.91 Å². The van der Waals surface area contributed by atoms with Gasteiger partial charge in [0.05, 0.1) is 13.2 Å². The van der Waals surface area contributed by atoms with Crippen molar-refractivity contribution in [2.75, 3.05) is 26.3 Å². The monoisotopic (exact) mass is 340 g/mol. The summed E-state index contributed by atoms with van der Waals surface area (Å²) in [5.41, 5.74) is 1.42. The van der Waals surface area contributed by atoms with Gasteiger partial charge in [0.2, 0.25) is 0 Å². The van der Waals surface area contributed by atoms with E-state index in [4.69, 9.17) is 9.47 Å². The van der Waals surface area contributed by atoms with Crippen LogP contribution < -0.4 is 5.56 Å². The molecule has 0 radical (unpaired) electrons. The van der Waals surface area contributed by atoms with E-state index >= 15 is 0 Å². The number of likely N-dealkylation sites (tertiary alicyclic amines) is 1. The topological polar surface area (TPSA) is 71.6 Å². The van der Waals surface area contributed by atoms with E-state index < -0.39 is 5.79 Å². The minimum atomic E-state index is -0.527. The van der Waals surface area contributed by atoms with Gasteiger partial charge in [0.1, 0.15) is 5.56 Å². The van der Waals surface area contributed by atoms with E-state index in [1.165, 1.54) is 0 Å². The number of aromatic nitrogens is 1. The summed E-state index contributed by atoms with van der Waals surface area (Å²) in [6.07, 6.45) is 1.28. The van der Waals surface area contributed by atoms with Crippen molar-refractivity contribution < 1.29 is 14.3 Å². The Morgan fingerprint density at radius 3 is 2.32 bits per heavy atom. The van der Waals surface area contributed by atoms with Crippen molar-refractivity contribution in [1.29, 1.82) is 0 Å². The number of pyridine rings is 1. The fourth-order valence-corrected chi connectivity index (χ4v) is 3.43. The van der Waals surface area contributed by atoms with Crippen molar-refractivity contribution in [2.24, 2.45) is 0 Å². The van der Waals surface area contributed by atoms with Crippen LogP contribution in [-0.2, 0) is 9.47 Å². The molecule has 0 bridgehead atoms. The normalized spacial score (nSPS) is 19.3. The Morgan fingerprint density at radius 2 is 1.68 bits per heavy atom. The fraction of sp³-hybridized carbons (Fsp3) is 0.368. The predicted molar refractivity (Wildman–Crippen MR) is 92.3 cm³/mol. The number of carbonyl (C=O) groups excluding carboxylic acids is 1. The lowest BCUT2D eigenvalue weighted by atomic mass is 10.0. The second-order valence-corrected chi connectivity index (χ2v) is 6.38. The van der Waals surface area contributed by atoms with Gasteiger partial charge in [-0.1, -0.05) is 30.3 Å². The molecule has 1 aromatic carbocycles. The molecule has 2 fully saturated rings. The number of nitrogens with one attached hydrogen (secondary N) is 1. The Balaban J connectivity index is 1.50. The number of piperidine rings is 1. The molecular weight excluding hydrogens is 320 g/mol. The molecule has 0 aliphatic carbocycles. The van der Waals surface area contributed by atoms with Crippen molar-refractivity contribution in [2.45, 2.75) is 18.6 Å². The molecule has 130 valence electrons. The maximum absolute atomic E-state index is 12.7. The van der Waals surface area contributed by atoms with Crippen LogP contribution in [0.15, 0.2) is 47.3 Å². The van der Waals surface area contributed by atoms with E-state index in [0.717, 1.165) is 5.56 Å². The van der Waals surface area contributed by atoms with Crippen molar-refractivity contribution in [3.05, 3.63) is 58.4 Å². The number of carbonyl (C=O) groups is 1. The molecule has 2 aromatic rings. The van der Waals surface area contributed by atoms with E-state index in [1.54, 1.807) is 17.0 Å². The average molecular weight is 340 g/mol. The van der Waals surface area contributed by atoms with Crippen LogP contribution in [0.4, 0.5) is 0 Å². The first-order valence-electron chi connectivity index (χ1n) is 8.53. The summed E-state index contributed by atoms with van der Waals surface area (Å²) in [5.74, 6) is -0.769. The van der Waals surface area contributed by atoms with Gasteiger partial charge >= 0.3 is 0 Å². The van der Waals surface area contributed by atoms with Crippen LogP contribution in [0.1, 0.15) is 23.2 Å². The molecule has 1 aromatic heterocycles. The highest BCUT2D eigenvalue weighted by Crippen LogP contribution is 2.31. The molecule has 1 N–H and O–H groups in total. The lowest BCUT2D eigenvalue weighted by Gasteiger charge is -2.37. The van der Waals surface area contributed by atoms with E-state index in [2.05, 4.69) is 4.98 Å². The highest BCUT2D eigenvalue weighted by atomic mass is 16.7. The van der Waals surface area contributed by atoms with Crippen LogP contribution in [0, 0.1) is 0 Å². The van der Waals surface area contributed by atoms with Crippen LogP contribution in [-0.4, -0.2) is 47.9 Å². The number of hydrogen-bond acceptors (Lipinski definition) is 4. The quantitative estimate of drug-likeness (QED) is 0.908. The van der Waals surface area contributed by atoms with E-state index in [9.17, 15) is 9.59 Å². The number of nitrogens with zero attached hydrogens (tertiary/aromatic N) is 1. The standard InChI is InChI=1S/C19H20N2O4/c22-17-15(6-7-16(20-17)14-4-2-1-3-5-14)18(23)21-10-8-19(9-11-21)24-12-13-25-19/h1-7H,8-13H2,(H,20,22). The number of hydrogen-bond donors (Lipinski definition) is 1. The molecule has 2 saturated heterocycles. The van der Waals surface area contributed by atoms with Gasteiger partial charge in [0, 0.05) is 31.6 Å². The summed E-state index contributed by atoms with van der Waals surface area (Å²) in [5, 5.41) is 0. The maximum Gasteiger partial charge on any atom is 0.261 e. The molecule has 3 heterocycles. The Labute approximate surface area is 145 Å². The number of aromatic amines is 1. The number of H-pyrrole nitrogens is 1. The summed E-state index contributed by atoms with van der Waals surface area (Å²) in [6, 6.07) is 12.9. The number of amides is 1. The molecule has 2 aliphatic heterocycles. The lowest BCUT2D eigenvalue weighted by molar-refractivity contribution is -0.181. The van der Waals surface area contributed by atoms with Gasteiger partial charge < -0.3 is 19.4 Å². The highest BCUT2D eigenvalue weighted by Gasteiger charge is 2.41. The third-order valence-electron chi connectivity index (χ3n) is 4.85. The molecule has 0 saturated carbocycles. The van der Waals surface area contributed by atoms with Crippen molar-refractivity contribution in [1.82, 2.24) is 9.88 Å². The zero-order valence-corrected chi connectivity index (χ0v) is 13.9. The molecule has 0 unspecified atom stereocenters. The van der Waals surface area contributed by atoms with E-state index in [-0.39, 0.29) is 17.0 Å². The molecule has 2 aliphatic rings. The largest absolute Gasteiger partial charge is 0.347 e. The lowest BCUT2D eigenvalue weighted by Crippen LogP contribution is -2.48. The third kappa shape index (κ3) is 3.10. The summed E-state index contributed by atoms with van der Waals surface area (Å²) in [4.78, 5) is 29.6. The molecule has 1 spiro atoms. The van der Waals surface area contributed by atoms with Crippen LogP contribution in [0.5, 0.6) is 0 Å². The number of benzene rings is 1. The Kier molecular flexibility index (Phi) is 4.15. The van der Waals surface area contributed by atoms with Crippen LogP contribution in [0.3, 0.4) is 0 Å². The van der Waals surface area contributed by atoms with Gasteiger partial charge in [-0.2, -0.15) is 0 Å². The minimum absolute atomic E-state index is 0.170. The second-order valence-electron chi connectivity index (χ2n) is 6.38. The van der Waals surface area contributed by atoms with E-state index in [1.807, 2.05) is 30.3 Å². The Morgan fingerprint density at radius 1 is 1.00 bits per heavy atom. The summed E-state index contributed by atoms with van der Waals surface area (Å²) >= 11 is 0. The van der Waals surface area contributed by atoms with Gasteiger partial charge in [0.15, 0.2) is 5.79 Å². The van der Waals surface area contributed by atoms with Crippen molar-refractivity contribution in [3.8, 4) is 11.3 Å². The number of ether oxygens (including phenoxy) is 2. The SMILES string of the molecule is O=C(c1ccc(-c2ccccc2)[nH]c1=O)N1CCC2(CC1)OCCO2. The fourth-order valence-electron chi connectivity index (χ4n) is 3.43. The first kappa shape index (κ1) is 16.1. The molecule has 0 atom stereocenters. The zero-order chi connectivity index (χ0) is 17.3. The highest BCUT2D eigenvalue weighted by molar-refractivity contribution is 5.94. The van der Waals surface area contributed by atoms with Gasteiger partial charge in [-0.05, 0) is 17.7 Å². The second kappa shape index (κ2) is 6.46. The Hall–Kier alpha value is -2.44. The number of rotatable bonds is 2. The Bertz CT molecular complexity index is 815. The van der Waals surface area contributed by atoms with Crippen LogP contribution in [0.2, 0.25) is 0 Å². The van der Waals surface area contributed by atoms with Crippen LogP contribution in [0.25, 0.3) is 11.3 Å². The summed E-state index contributed by atoms with van der Waals surface area (Å²) < 4.78 is 11.4. The van der Waals surface area contributed by atoms with Crippen molar-refractivity contribution in [3.63, 3.8) is 0 Å². The summed E-state index contributed by atoms with van der Waals surface area (Å²) in [6.45, 7) is 2.26. The van der Waals surface area contributed by atoms with Gasteiger partial charge in [-0.25, -0.2) is 0 Å². The third-order valence-corrected chi connectivity index (χ3v) is 4.85. The summed E-state index contributed by atoms with van der Waals surface area (Å²) in [7, 11) is 0. The molecule has 6 heteroatoms. The minimum Gasteiger partial charge on any atom is -0.347 e. The maximum atomic E-state index is 12.7. The van der Waals surface area contributed by atoms with Crippen LogP contribution >= 0.6 is 0 Å². The van der Waals surface area contributed by atoms with Gasteiger partial charge in [-0.15, -0.1) is 0 Å². The average Bonchev–Trinajstić information content (AvgIpc) is 3.10. The first-order chi connectivity index (χ1) is 12.2.